The molecular weight excluding hydrogens is 317 g/mol. The quantitative estimate of drug-likeness (QED) is 0.724. The van der Waals surface area contributed by atoms with Crippen molar-refractivity contribution in [1.29, 1.82) is 0 Å². The molecule has 1 aromatic rings. The first-order chi connectivity index (χ1) is 9.52. The Labute approximate surface area is 135 Å². The number of rotatable bonds is 9. The fourth-order valence-electron chi connectivity index (χ4n) is 1.51. The molecule has 0 aliphatic rings. The molecule has 0 aromatic heterocycles. The smallest absolute Gasteiger partial charge is 0.121 e. The van der Waals surface area contributed by atoms with Crippen LogP contribution in [0.5, 0.6) is 5.75 Å². The van der Waals surface area contributed by atoms with Crippen LogP contribution in [0.25, 0.3) is 0 Å². The van der Waals surface area contributed by atoms with Gasteiger partial charge >= 0.3 is 0 Å². The van der Waals surface area contributed by atoms with E-state index >= 15 is 0 Å². The highest BCUT2D eigenvalue weighted by Crippen LogP contribution is 2.26. The summed E-state index contributed by atoms with van der Waals surface area (Å²) in [4.78, 5) is 0. The summed E-state index contributed by atoms with van der Waals surface area (Å²) in [6.45, 7) is 4.97. The van der Waals surface area contributed by atoms with Gasteiger partial charge in [0.05, 0.1) is 10.0 Å². The van der Waals surface area contributed by atoms with E-state index in [-0.39, 0.29) is 6.61 Å². The third-order valence-electron chi connectivity index (χ3n) is 2.61. The second-order valence-corrected chi connectivity index (χ2v) is 6.64. The molecule has 0 bridgehead atoms. The molecule has 0 aliphatic heterocycles. The van der Waals surface area contributed by atoms with Crippen LogP contribution in [0.3, 0.4) is 0 Å². The van der Waals surface area contributed by atoms with E-state index in [0.717, 1.165) is 11.5 Å². The molecule has 0 amide bonds. The Morgan fingerprint density at radius 3 is 2.75 bits per heavy atom. The average Bonchev–Trinajstić information content (AvgIpc) is 2.44. The summed E-state index contributed by atoms with van der Waals surface area (Å²) in [5.41, 5.74) is 0. The van der Waals surface area contributed by atoms with Crippen molar-refractivity contribution in [1.82, 2.24) is 5.32 Å². The normalized spacial score (nSPS) is 14.1. The highest BCUT2D eigenvalue weighted by molar-refractivity contribution is 7.99. The lowest BCUT2D eigenvalue weighted by atomic mass is 10.3. The van der Waals surface area contributed by atoms with Crippen LogP contribution in [0, 0.1) is 0 Å². The van der Waals surface area contributed by atoms with Gasteiger partial charge in [0.15, 0.2) is 0 Å². The summed E-state index contributed by atoms with van der Waals surface area (Å²) in [6, 6.07) is 5.42. The van der Waals surface area contributed by atoms with Gasteiger partial charge in [-0.2, -0.15) is 11.8 Å². The minimum Gasteiger partial charge on any atom is -0.491 e. The summed E-state index contributed by atoms with van der Waals surface area (Å²) in [5, 5.41) is 14.1. The summed E-state index contributed by atoms with van der Waals surface area (Å²) in [7, 11) is 0. The Hall–Kier alpha value is -0.130. The van der Waals surface area contributed by atoms with E-state index in [1.54, 1.807) is 18.2 Å². The molecule has 0 spiro atoms. The number of hydrogen-bond donors (Lipinski definition) is 2. The molecule has 0 radical (unpaired) electrons. The van der Waals surface area contributed by atoms with Crippen LogP contribution in [0.15, 0.2) is 18.2 Å². The zero-order valence-electron chi connectivity index (χ0n) is 11.7. The molecule has 2 unspecified atom stereocenters. The fourth-order valence-corrected chi connectivity index (χ4v) is 2.50. The van der Waals surface area contributed by atoms with Crippen LogP contribution in [0.2, 0.25) is 10.0 Å². The van der Waals surface area contributed by atoms with Gasteiger partial charge in [-0.05, 0) is 24.8 Å². The van der Waals surface area contributed by atoms with Crippen molar-refractivity contribution in [2.24, 2.45) is 0 Å². The van der Waals surface area contributed by atoms with Gasteiger partial charge in [0.25, 0.3) is 0 Å². The van der Waals surface area contributed by atoms with Gasteiger partial charge in [-0.15, -0.1) is 0 Å². The van der Waals surface area contributed by atoms with Gasteiger partial charge in [-0.3, -0.25) is 0 Å². The van der Waals surface area contributed by atoms with Crippen molar-refractivity contribution in [2.75, 3.05) is 24.7 Å². The summed E-state index contributed by atoms with van der Waals surface area (Å²) >= 11 is 13.6. The van der Waals surface area contributed by atoms with E-state index in [0.29, 0.717) is 28.4 Å². The van der Waals surface area contributed by atoms with E-state index in [4.69, 9.17) is 27.9 Å². The van der Waals surface area contributed by atoms with E-state index in [2.05, 4.69) is 19.2 Å². The van der Waals surface area contributed by atoms with Crippen molar-refractivity contribution >= 4 is 35.0 Å². The van der Waals surface area contributed by atoms with Crippen molar-refractivity contribution < 1.29 is 9.84 Å². The van der Waals surface area contributed by atoms with Crippen LogP contribution in [-0.2, 0) is 0 Å². The maximum atomic E-state index is 9.86. The van der Waals surface area contributed by atoms with E-state index in [9.17, 15) is 5.11 Å². The number of aliphatic hydroxyl groups excluding tert-OH is 1. The molecule has 20 heavy (non-hydrogen) atoms. The third kappa shape index (κ3) is 7.04. The molecule has 2 N–H and O–H groups in total. The zero-order valence-corrected chi connectivity index (χ0v) is 14.1. The second kappa shape index (κ2) is 9.74. The van der Waals surface area contributed by atoms with Crippen LogP contribution in [0.4, 0.5) is 0 Å². The molecule has 0 heterocycles. The van der Waals surface area contributed by atoms with E-state index < -0.39 is 6.10 Å². The predicted molar refractivity (Wildman–Crippen MR) is 88.4 cm³/mol. The minimum atomic E-state index is -0.557. The van der Waals surface area contributed by atoms with Gasteiger partial charge in [0, 0.05) is 24.4 Å². The third-order valence-corrected chi connectivity index (χ3v) is 4.49. The molecule has 3 nitrogen and oxygen atoms in total. The Bertz CT molecular complexity index is 407. The van der Waals surface area contributed by atoms with Crippen molar-refractivity contribution in [3.63, 3.8) is 0 Å². The molecule has 0 aliphatic carbocycles. The Kier molecular flexibility index (Phi) is 8.73. The number of aliphatic hydroxyl groups is 1. The highest BCUT2D eigenvalue weighted by Gasteiger charge is 2.08. The topological polar surface area (TPSA) is 41.5 Å². The average molecular weight is 338 g/mol. The van der Waals surface area contributed by atoms with Crippen LogP contribution < -0.4 is 10.1 Å². The van der Waals surface area contributed by atoms with Crippen molar-refractivity contribution in [3.05, 3.63) is 28.2 Å². The fraction of sp³-hybridized carbons (Fsp3) is 0.571. The lowest BCUT2D eigenvalue weighted by Crippen LogP contribution is -2.37. The number of thioether (sulfide) groups is 1. The lowest BCUT2D eigenvalue weighted by Gasteiger charge is -2.17. The summed E-state index contributed by atoms with van der Waals surface area (Å²) in [6.07, 6.45) is -0.557. The Balaban J connectivity index is 2.25. The highest BCUT2D eigenvalue weighted by atomic mass is 35.5. The molecule has 1 aromatic carbocycles. The summed E-state index contributed by atoms with van der Waals surface area (Å²) in [5.74, 6) is 2.75. The van der Waals surface area contributed by atoms with Crippen molar-refractivity contribution in [2.45, 2.75) is 26.0 Å². The van der Waals surface area contributed by atoms with E-state index in [1.807, 2.05) is 11.8 Å². The standard InChI is InChI=1S/C14H21Cl2NO2S/c1-3-20-9-10(2)17-7-11(18)8-19-12-4-5-13(15)14(16)6-12/h4-6,10-11,17-18H,3,7-9H2,1-2H3. The molecule has 1 rings (SSSR count). The second-order valence-electron chi connectivity index (χ2n) is 4.51. The first kappa shape index (κ1) is 17.9. The maximum Gasteiger partial charge on any atom is 0.121 e. The maximum absolute atomic E-state index is 9.86. The van der Waals surface area contributed by atoms with E-state index in [1.165, 1.54) is 0 Å². The van der Waals surface area contributed by atoms with Gasteiger partial charge in [0.1, 0.15) is 18.5 Å². The molecule has 0 saturated carbocycles. The molecule has 0 saturated heterocycles. The Morgan fingerprint density at radius 2 is 2.10 bits per heavy atom. The predicted octanol–water partition coefficient (Wildman–Crippen LogP) is 3.46. The molecule has 6 heteroatoms. The SMILES string of the molecule is CCSCC(C)NCC(O)COc1ccc(Cl)c(Cl)c1. The first-order valence-electron chi connectivity index (χ1n) is 6.60. The van der Waals surface area contributed by atoms with Gasteiger partial charge in [-0.25, -0.2) is 0 Å². The van der Waals surface area contributed by atoms with Gasteiger partial charge in [0.2, 0.25) is 0 Å². The Morgan fingerprint density at radius 1 is 1.35 bits per heavy atom. The number of benzene rings is 1. The lowest BCUT2D eigenvalue weighted by molar-refractivity contribution is 0.105. The first-order valence-corrected chi connectivity index (χ1v) is 8.51. The van der Waals surface area contributed by atoms with Crippen molar-refractivity contribution in [3.8, 4) is 5.75 Å². The number of halogens is 2. The zero-order chi connectivity index (χ0) is 15.0. The largest absolute Gasteiger partial charge is 0.491 e. The minimum absolute atomic E-state index is 0.221. The number of nitrogens with one attached hydrogen (secondary N) is 1. The number of ether oxygens (including phenoxy) is 1. The van der Waals surface area contributed by atoms with Gasteiger partial charge in [-0.1, -0.05) is 30.1 Å². The van der Waals surface area contributed by atoms with Gasteiger partial charge < -0.3 is 15.2 Å². The molecular formula is C14H21Cl2NO2S. The number of hydrogen-bond acceptors (Lipinski definition) is 4. The van der Waals surface area contributed by atoms with Crippen LogP contribution in [0.1, 0.15) is 13.8 Å². The summed E-state index contributed by atoms with van der Waals surface area (Å²) < 4.78 is 5.48. The van der Waals surface area contributed by atoms with Crippen LogP contribution in [-0.4, -0.2) is 41.9 Å². The van der Waals surface area contributed by atoms with Crippen LogP contribution >= 0.6 is 35.0 Å². The monoisotopic (exact) mass is 337 g/mol. The molecule has 114 valence electrons. The molecule has 0 fully saturated rings. The molecule has 2 atom stereocenters.